The molecular formula is C13H15FN6O3. The average Bonchev–Trinajstić information content (AvgIpc) is 3.05. The van der Waals surface area contributed by atoms with Crippen molar-refractivity contribution in [1.29, 1.82) is 0 Å². The normalized spacial score (nSPS) is 32.3. The molecule has 4 atom stereocenters. The fourth-order valence-electron chi connectivity index (χ4n) is 2.45. The molecule has 1 aliphatic rings. The van der Waals surface area contributed by atoms with Crippen molar-refractivity contribution in [1.82, 2.24) is 19.5 Å². The summed E-state index contributed by atoms with van der Waals surface area (Å²) in [7, 11) is 0. The number of aliphatic hydroxyl groups is 2. The van der Waals surface area contributed by atoms with E-state index in [2.05, 4.69) is 26.8 Å². The molecule has 0 aliphatic carbocycles. The van der Waals surface area contributed by atoms with Gasteiger partial charge in [0.25, 0.3) is 0 Å². The Morgan fingerprint density at radius 1 is 1.57 bits per heavy atom. The first-order chi connectivity index (χ1) is 11.7. The molecule has 122 valence electrons. The highest BCUT2D eigenvalue weighted by Crippen LogP contribution is 2.37. The van der Waals surface area contributed by atoms with Crippen molar-refractivity contribution in [3.05, 3.63) is 12.5 Å². The largest absolute Gasteiger partial charge is 0.394 e. The number of ether oxygens (including phenoxy) is 1. The van der Waals surface area contributed by atoms with Crippen LogP contribution >= 0.6 is 0 Å². The first-order valence-corrected chi connectivity index (χ1v) is 6.54. The van der Waals surface area contributed by atoms with E-state index >= 15 is 0 Å². The van der Waals surface area contributed by atoms with Gasteiger partial charge in [-0.3, -0.25) is 4.57 Å². The first kappa shape index (κ1) is 13.1. The lowest BCUT2D eigenvalue weighted by Gasteiger charge is -2.27. The van der Waals surface area contributed by atoms with Crippen LogP contribution in [0, 0.1) is 11.8 Å². The summed E-state index contributed by atoms with van der Waals surface area (Å²) in [4.78, 5) is 11.9. The number of nitrogens with zero attached hydrogens (tertiary/aromatic N) is 4. The van der Waals surface area contributed by atoms with Gasteiger partial charge in [0.05, 0.1) is 21.8 Å². The minimum Gasteiger partial charge on any atom is -0.394 e. The van der Waals surface area contributed by atoms with Crippen LogP contribution in [0.1, 0.15) is 8.97 Å². The van der Waals surface area contributed by atoms with Gasteiger partial charge < -0.3 is 26.4 Å². The number of hydrogen-bond donors (Lipinski definition) is 4. The predicted molar refractivity (Wildman–Crippen MR) is 77.4 cm³/mol. The maximum absolute atomic E-state index is 12.5. The van der Waals surface area contributed by atoms with Crippen LogP contribution < -0.4 is 11.5 Å². The summed E-state index contributed by atoms with van der Waals surface area (Å²) >= 11 is 0. The molecule has 2 aromatic heterocycles. The van der Waals surface area contributed by atoms with Gasteiger partial charge in [0.2, 0.25) is 5.95 Å². The van der Waals surface area contributed by atoms with E-state index in [1.54, 1.807) is 0 Å². The van der Waals surface area contributed by atoms with Crippen LogP contribution in [0.2, 0.25) is 0 Å². The van der Waals surface area contributed by atoms with Gasteiger partial charge in [0.15, 0.2) is 17.4 Å². The molecule has 2 aromatic rings. The van der Waals surface area contributed by atoms with Gasteiger partial charge in [-0.05, 0) is 0 Å². The number of imidazole rings is 1. The van der Waals surface area contributed by atoms with Crippen molar-refractivity contribution in [3.63, 3.8) is 0 Å². The van der Waals surface area contributed by atoms with Crippen LogP contribution in [0.15, 0.2) is 12.5 Å². The van der Waals surface area contributed by atoms with E-state index in [4.69, 9.17) is 18.9 Å². The third-order valence-electron chi connectivity index (χ3n) is 3.55. The molecule has 1 unspecified atom stereocenters. The van der Waals surface area contributed by atoms with Gasteiger partial charge in [-0.2, -0.15) is 4.98 Å². The van der Waals surface area contributed by atoms with Crippen LogP contribution in [0.5, 0.6) is 0 Å². The zero-order chi connectivity index (χ0) is 18.4. The van der Waals surface area contributed by atoms with E-state index in [1.165, 1.54) is 17.1 Å². The first-order valence-electron chi connectivity index (χ1n) is 7.54. The van der Waals surface area contributed by atoms with Crippen LogP contribution in [-0.4, -0.2) is 60.7 Å². The molecule has 3 heterocycles. The molecule has 1 fully saturated rings. The number of nitrogens with two attached hydrogens (primary N) is 2. The molecule has 10 heteroatoms. The van der Waals surface area contributed by atoms with Gasteiger partial charge in [-0.25, -0.2) is 14.4 Å². The minimum atomic E-state index is -2.92. The Labute approximate surface area is 132 Å². The van der Waals surface area contributed by atoms with E-state index in [-0.39, 0.29) is 11.6 Å². The molecule has 1 aliphatic heterocycles. The van der Waals surface area contributed by atoms with Gasteiger partial charge in [0, 0.05) is 0 Å². The van der Waals surface area contributed by atoms with Gasteiger partial charge in [0.1, 0.15) is 24.4 Å². The summed E-state index contributed by atoms with van der Waals surface area (Å²) in [5.74, 6) is 4.41. The zero-order valence-electron chi connectivity index (χ0n) is 13.7. The van der Waals surface area contributed by atoms with Crippen LogP contribution in [0.4, 0.5) is 10.3 Å². The molecule has 0 bridgehead atoms. The molecule has 23 heavy (non-hydrogen) atoms. The summed E-state index contributed by atoms with van der Waals surface area (Å²) in [5, 5.41) is 20.0. The number of fused-ring (bicyclic) bond motifs is 1. The van der Waals surface area contributed by atoms with E-state index in [0.717, 1.165) is 0 Å². The Bertz CT molecular complexity index is 863. The highest BCUT2D eigenvalue weighted by molar-refractivity contribution is 5.70. The van der Waals surface area contributed by atoms with Crippen LogP contribution in [-0.2, 0) is 4.74 Å². The Hall–Kier alpha value is -2.32. The molecule has 6 N–H and O–H groups in total. The molecule has 3 rings (SSSR count). The van der Waals surface area contributed by atoms with Gasteiger partial charge in [-0.1, -0.05) is 11.8 Å². The highest BCUT2D eigenvalue weighted by Gasteiger charge is 2.54. The summed E-state index contributed by atoms with van der Waals surface area (Å²) in [6.45, 7) is -3.95. The van der Waals surface area contributed by atoms with Gasteiger partial charge in [-0.15, -0.1) is 0 Å². The van der Waals surface area contributed by atoms with Crippen molar-refractivity contribution < 1.29 is 22.1 Å². The quantitative estimate of drug-likeness (QED) is 0.480. The molecule has 0 radical (unpaired) electrons. The number of aromatic nitrogens is 4. The number of anilines is 1. The van der Waals surface area contributed by atoms with Crippen molar-refractivity contribution in [3.8, 4) is 11.8 Å². The predicted octanol–water partition coefficient (Wildman–Crippen LogP) is -1.67. The van der Waals surface area contributed by atoms with Crippen molar-refractivity contribution >= 4 is 17.1 Å². The van der Waals surface area contributed by atoms with Gasteiger partial charge >= 0.3 is 0 Å². The topological polar surface area (TPSA) is 145 Å². The summed E-state index contributed by atoms with van der Waals surface area (Å²) in [6, 6.07) is 0. The SMILES string of the molecule is [2H]C([2H])(O)[C@H]1O[C@@H](n2cnc3cnc(N)nc32)C(N)(C#CCF)[C@H]1O. The lowest BCUT2D eigenvalue weighted by molar-refractivity contribution is -0.0447. The molecule has 0 spiro atoms. The standard InChI is InChI=1S/C13H15FN6O3/c14-3-1-2-13(16)9(22)8(5-21)23-11(13)20-6-18-7-4-17-12(15)19-10(7)20/h4,6,8-9,11,21-22H,3,5,16H2,(H2,15,17,19)/t8-,9+,11-,13?/m1/s1/i5D2. The van der Waals surface area contributed by atoms with Crippen LogP contribution in [0.3, 0.4) is 0 Å². The number of halogens is 1. The van der Waals surface area contributed by atoms with Crippen molar-refractivity contribution in [2.45, 2.75) is 24.0 Å². The molecule has 0 saturated carbocycles. The summed E-state index contributed by atoms with van der Waals surface area (Å²) in [5.41, 5.74) is 10.3. The fourth-order valence-corrected chi connectivity index (χ4v) is 2.45. The Morgan fingerprint density at radius 2 is 2.35 bits per heavy atom. The summed E-state index contributed by atoms with van der Waals surface area (Å²) in [6.07, 6.45) is -2.17. The lowest BCUT2D eigenvalue weighted by atomic mass is 9.91. The van der Waals surface area contributed by atoms with E-state index in [9.17, 15) is 14.6 Å². The number of nitrogen functional groups attached to an aromatic ring is 1. The Kier molecular flexibility index (Phi) is 3.26. The van der Waals surface area contributed by atoms with Crippen LogP contribution in [0.25, 0.3) is 11.2 Å². The molecule has 0 aromatic carbocycles. The number of rotatable bonds is 2. The third kappa shape index (κ3) is 2.40. The third-order valence-corrected chi connectivity index (χ3v) is 3.55. The number of hydrogen-bond acceptors (Lipinski definition) is 8. The Balaban J connectivity index is 2.15. The molecule has 0 amide bonds. The second-order valence-corrected chi connectivity index (χ2v) is 4.94. The van der Waals surface area contributed by atoms with E-state index in [0.29, 0.717) is 5.52 Å². The van der Waals surface area contributed by atoms with Crippen molar-refractivity contribution in [2.24, 2.45) is 5.73 Å². The number of aliphatic hydroxyl groups excluding tert-OH is 1. The second kappa shape index (κ2) is 5.71. The maximum atomic E-state index is 12.5. The second-order valence-electron chi connectivity index (χ2n) is 4.94. The number of alkyl halides is 1. The monoisotopic (exact) mass is 324 g/mol. The van der Waals surface area contributed by atoms with Crippen molar-refractivity contribution in [2.75, 3.05) is 19.0 Å². The average molecular weight is 324 g/mol. The molecular weight excluding hydrogens is 307 g/mol. The zero-order valence-corrected chi connectivity index (χ0v) is 11.7. The lowest BCUT2D eigenvalue weighted by Crippen LogP contribution is -2.53. The van der Waals surface area contributed by atoms with E-state index in [1.807, 2.05) is 0 Å². The Morgan fingerprint density at radius 3 is 3.04 bits per heavy atom. The molecule has 9 nitrogen and oxygen atoms in total. The van der Waals surface area contributed by atoms with E-state index < -0.39 is 37.2 Å². The summed E-state index contributed by atoms with van der Waals surface area (Å²) < 4.78 is 34.1. The maximum Gasteiger partial charge on any atom is 0.222 e. The molecule has 1 saturated heterocycles. The fraction of sp³-hybridized carbons (Fsp3) is 0.462. The minimum absolute atomic E-state index is 0.0562. The smallest absolute Gasteiger partial charge is 0.222 e. The highest BCUT2D eigenvalue weighted by atomic mass is 19.1.